The Morgan fingerprint density at radius 2 is 1.70 bits per heavy atom. The highest BCUT2D eigenvalue weighted by Gasteiger charge is 2.57. The van der Waals surface area contributed by atoms with Crippen molar-refractivity contribution in [2.75, 3.05) is 7.05 Å². The van der Waals surface area contributed by atoms with E-state index < -0.39 is 0 Å². The molecule has 0 spiro atoms. The van der Waals surface area contributed by atoms with Crippen molar-refractivity contribution in [2.24, 2.45) is 11.8 Å². The van der Waals surface area contributed by atoms with Crippen molar-refractivity contribution in [1.29, 1.82) is 0 Å². The van der Waals surface area contributed by atoms with Gasteiger partial charge in [-0.15, -0.1) is 0 Å². The second kappa shape index (κ2) is 4.10. The van der Waals surface area contributed by atoms with Crippen LogP contribution in [0.2, 0.25) is 0 Å². The van der Waals surface area contributed by atoms with E-state index in [1.54, 1.807) is 5.56 Å². The van der Waals surface area contributed by atoms with Crippen LogP contribution in [0.15, 0.2) is 18.2 Å². The first-order valence-electron chi connectivity index (χ1n) is 8.31. The van der Waals surface area contributed by atoms with Gasteiger partial charge in [-0.3, -0.25) is 0 Å². The van der Waals surface area contributed by atoms with E-state index in [1.165, 1.54) is 49.7 Å². The summed E-state index contributed by atoms with van der Waals surface area (Å²) in [5.74, 6) is 1.93. The molecule has 4 fully saturated rings. The summed E-state index contributed by atoms with van der Waals surface area (Å²) >= 11 is 0. The van der Waals surface area contributed by atoms with Crippen molar-refractivity contribution in [3.05, 3.63) is 34.9 Å². The maximum atomic E-state index is 3.73. The Kier molecular flexibility index (Phi) is 2.64. The number of hydrogen-bond donors (Lipinski definition) is 1. The Bertz CT molecular complexity index is 531. The molecule has 1 nitrogen and oxygen atoms in total. The topological polar surface area (TPSA) is 12.0 Å². The van der Waals surface area contributed by atoms with Crippen molar-refractivity contribution in [3.63, 3.8) is 0 Å². The summed E-state index contributed by atoms with van der Waals surface area (Å²) in [6.07, 6.45) is 8.59. The Labute approximate surface area is 123 Å². The fraction of sp³-hybridized carbons (Fsp3) is 0.684. The SMILES string of the molecule is CNC12CC3CC(C1)CC(c1ccc(C)c(C)c1)(C3)C2. The van der Waals surface area contributed by atoms with E-state index in [4.69, 9.17) is 0 Å². The molecule has 4 saturated carbocycles. The van der Waals surface area contributed by atoms with E-state index in [0.29, 0.717) is 11.0 Å². The molecular formula is C19H27N. The first-order chi connectivity index (χ1) is 9.54. The third kappa shape index (κ3) is 1.72. The highest BCUT2D eigenvalue weighted by Crippen LogP contribution is 2.62. The zero-order valence-electron chi connectivity index (χ0n) is 13.1. The predicted octanol–water partition coefficient (Wildman–Crippen LogP) is 4.11. The highest BCUT2D eigenvalue weighted by atomic mass is 15.0. The molecule has 0 heterocycles. The minimum Gasteiger partial charge on any atom is -0.314 e. The number of rotatable bonds is 2. The Morgan fingerprint density at radius 1 is 1.00 bits per heavy atom. The van der Waals surface area contributed by atoms with E-state index in [1.807, 2.05) is 0 Å². The fourth-order valence-electron chi connectivity index (χ4n) is 5.96. The van der Waals surface area contributed by atoms with Gasteiger partial charge in [0.25, 0.3) is 0 Å². The van der Waals surface area contributed by atoms with Crippen LogP contribution >= 0.6 is 0 Å². The van der Waals surface area contributed by atoms with Gasteiger partial charge in [-0.05, 0) is 93.4 Å². The van der Waals surface area contributed by atoms with Crippen molar-refractivity contribution >= 4 is 0 Å². The Hall–Kier alpha value is -0.820. The van der Waals surface area contributed by atoms with Crippen LogP contribution in [0.4, 0.5) is 0 Å². The molecule has 4 aliphatic carbocycles. The Morgan fingerprint density at radius 3 is 2.30 bits per heavy atom. The quantitative estimate of drug-likeness (QED) is 0.852. The third-order valence-corrected chi connectivity index (χ3v) is 6.71. The minimum absolute atomic E-state index is 0.447. The molecule has 1 aromatic carbocycles. The third-order valence-electron chi connectivity index (χ3n) is 6.71. The van der Waals surface area contributed by atoms with Crippen LogP contribution in [0.5, 0.6) is 0 Å². The maximum absolute atomic E-state index is 3.73. The van der Waals surface area contributed by atoms with Gasteiger partial charge in [0.05, 0.1) is 0 Å². The lowest BCUT2D eigenvalue weighted by molar-refractivity contribution is -0.0374. The second-order valence-electron chi connectivity index (χ2n) is 8.07. The zero-order valence-corrected chi connectivity index (χ0v) is 13.1. The van der Waals surface area contributed by atoms with Crippen LogP contribution in [0.3, 0.4) is 0 Å². The van der Waals surface area contributed by atoms with Gasteiger partial charge in [0.15, 0.2) is 0 Å². The van der Waals surface area contributed by atoms with Crippen molar-refractivity contribution < 1.29 is 0 Å². The van der Waals surface area contributed by atoms with Crippen LogP contribution in [-0.4, -0.2) is 12.6 Å². The van der Waals surface area contributed by atoms with E-state index in [-0.39, 0.29) is 0 Å². The van der Waals surface area contributed by atoms with Crippen molar-refractivity contribution in [1.82, 2.24) is 5.32 Å². The zero-order chi connectivity index (χ0) is 14.0. The summed E-state index contributed by atoms with van der Waals surface area (Å²) < 4.78 is 0. The van der Waals surface area contributed by atoms with E-state index in [2.05, 4.69) is 44.4 Å². The van der Waals surface area contributed by atoms with Gasteiger partial charge in [-0.2, -0.15) is 0 Å². The van der Waals surface area contributed by atoms with Crippen LogP contribution in [-0.2, 0) is 5.41 Å². The average molecular weight is 269 g/mol. The molecule has 2 unspecified atom stereocenters. The Balaban J connectivity index is 1.78. The molecule has 0 radical (unpaired) electrons. The summed E-state index contributed by atoms with van der Waals surface area (Å²) in [5.41, 5.74) is 5.46. The second-order valence-corrected chi connectivity index (χ2v) is 8.07. The predicted molar refractivity (Wildman–Crippen MR) is 84.1 cm³/mol. The van der Waals surface area contributed by atoms with Gasteiger partial charge in [-0.1, -0.05) is 18.2 Å². The van der Waals surface area contributed by atoms with Crippen LogP contribution in [0.25, 0.3) is 0 Å². The molecule has 2 atom stereocenters. The molecule has 0 saturated heterocycles. The molecule has 1 N–H and O–H groups in total. The molecule has 20 heavy (non-hydrogen) atoms. The van der Waals surface area contributed by atoms with E-state index in [9.17, 15) is 0 Å². The molecule has 0 amide bonds. The molecule has 0 aliphatic heterocycles. The normalized spacial score (nSPS) is 42.1. The molecule has 108 valence electrons. The van der Waals surface area contributed by atoms with Gasteiger partial charge in [0.1, 0.15) is 0 Å². The molecular weight excluding hydrogens is 242 g/mol. The highest BCUT2D eigenvalue weighted by molar-refractivity contribution is 5.37. The van der Waals surface area contributed by atoms with Crippen molar-refractivity contribution in [3.8, 4) is 0 Å². The molecule has 1 aromatic rings. The van der Waals surface area contributed by atoms with Crippen LogP contribution in [0.1, 0.15) is 55.2 Å². The van der Waals surface area contributed by atoms with Crippen LogP contribution < -0.4 is 5.32 Å². The van der Waals surface area contributed by atoms with Gasteiger partial charge in [-0.25, -0.2) is 0 Å². The molecule has 1 heteroatoms. The molecule has 4 aliphatic rings. The standard InChI is InChI=1S/C19H27N/c1-13-4-5-17(6-14(13)2)18-8-15-7-16(9-18)11-19(10-15,12-18)20-3/h4-6,15-16,20H,7-12H2,1-3H3. The van der Waals surface area contributed by atoms with Gasteiger partial charge in [0, 0.05) is 5.54 Å². The van der Waals surface area contributed by atoms with E-state index in [0.717, 1.165) is 11.8 Å². The lowest BCUT2D eigenvalue weighted by atomic mass is 9.45. The molecule has 0 aromatic heterocycles. The fourth-order valence-corrected chi connectivity index (χ4v) is 5.96. The van der Waals surface area contributed by atoms with Crippen molar-refractivity contribution in [2.45, 2.75) is 63.3 Å². The largest absolute Gasteiger partial charge is 0.314 e. The average Bonchev–Trinajstić information content (AvgIpc) is 2.40. The smallest absolute Gasteiger partial charge is 0.0192 e. The number of benzene rings is 1. The molecule has 5 rings (SSSR count). The number of hydrogen-bond acceptors (Lipinski definition) is 1. The first kappa shape index (κ1) is 12.9. The summed E-state index contributed by atoms with van der Waals surface area (Å²) in [5, 5.41) is 3.73. The lowest BCUT2D eigenvalue weighted by Gasteiger charge is -2.62. The summed E-state index contributed by atoms with van der Waals surface area (Å²) in [6, 6.07) is 7.26. The number of aryl methyl sites for hydroxylation is 2. The molecule has 4 bridgehead atoms. The van der Waals surface area contributed by atoms with Gasteiger partial charge in [0.2, 0.25) is 0 Å². The van der Waals surface area contributed by atoms with Gasteiger partial charge < -0.3 is 5.32 Å². The van der Waals surface area contributed by atoms with Crippen LogP contribution in [0, 0.1) is 25.7 Å². The minimum atomic E-state index is 0.447. The van der Waals surface area contributed by atoms with E-state index >= 15 is 0 Å². The first-order valence-corrected chi connectivity index (χ1v) is 8.31. The van der Waals surface area contributed by atoms with Gasteiger partial charge >= 0.3 is 0 Å². The monoisotopic (exact) mass is 269 g/mol. The lowest BCUT2D eigenvalue weighted by Crippen LogP contribution is -2.62. The summed E-state index contributed by atoms with van der Waals surface area (Å²) in [7, 11) is 2.20. The summed E-state index contributed by atoms with van der Waals surface area (Å²) in [6.45, 7) is 4.50. The maximum Gasteiger partial charge on any atom is 0.0192 e. The number of nitrogens with one attached hydrogen (secondary N) is 1. The summed E-state index contributed by atoms with van der Waals surface area (Å²) in [4.78, 5) is 0.